The molecule has 0 radical (unpaired) electrons. The van der Waals surface area contributed by atoms with Gasteiger partial charge in [0.25, 0.3) is 11.1 Å². The molecule has 0 saturated heterocycles. The van der Waals surface area contributed by atoms with Crippen LogP contribution in [0, 0.1) is 0 Å². The fourth-order valence-electron chi connectivity index (χ4n) is 2.08. The Morgan fingerprint density at radius 2 is 1.89 bits per heavy atom. The zero-order valence-corrected chi connectivity index (χ0v) is 16.3. The van der Waals surface area contributed by atoms with Crippen LogP contribution in [0.3, 0.4) is 0 Å². The molecule has 11 heteroatoms. The first kappa shape index (κ1) is 12.8. The van der Waals surface area contributed by atoms with Crippen molar-refractivity contribution in [3.8, 4) is 17.3 Å². The molecule has 0 unspecified atom stereocenters. The molecule has 3 rings (SSSR count). The third-order valence-corrected chi connectivity index (χ3v) is 4.45. The average Bonchev–Trinajstić information content (AvgIpc) is 2.64. The van der Waals surface area contributed by atoms with Crippen LogP contribution < -0.4 is 21.5 Å². The first-order valence-electron chi connectivity index (χ1n) is 10.1. The van der Waals surface area contributed by atoms with E-state index in [0.717, 1.165) is 16.9 Å². The topological polar surface area (TPSA) is 123 Å². The van der Waals surface area contributed by atoms with Crippen LogP contribution in [-0.2, 0) is 0 Å². The summed E-state index contributed by atoms with van der Waals surface area (Å²) in [6.07, 6.45) is 0.922. The lowest BCUT2D eigenvalue weighted by molar-refractivity contribution is 0.446. The van der Waals surface area contributed by atoms with Gasteiger partial charge in [-0.15, -0.1) is 5.10 Å². The fraction of sp³-hybridized carbons (Fsp3) is 0.188. The number of ether oxygens (including phenoxy) is 1. The first-order chi connectivity index (χ1) is 15.2. The van der Waals surface area contributed by atoms with E-state index < -0.39 is 42.0 Å². The molecule has 0 bridgehead atoms. The molecule has 0 fully saturated rings. The van der Waals surface area contributed by atoms with Crippen LogP contribution in [0.4, 0.5) is 0 Å². The number of hydrogen-bond donors (Lipinski definition) is 2. The van der Waals surface area contributed by atoms with Crippen molar-refractivity contribution in [1.29, 1.82) is 0 Å². The largest absolute Gasteiger partial charge is 0.435 e. The highest BCUT2D eigenvalue weighted by Crippen LogP contribution is 2.38. The molecule has 2 N–H and O–H groups in total. The van der Waals surface area contributed by atoms with Crippen molar-refractivity contribution in [3.05, 3.63) is 70.1 Å². The molecule has 2 aromatic heterocycles. The quantitative estimate of drug-likeness (QED) is 0.562. The number of rotatable bonds is 4. The third-order valence-electron chi connectivity index (χ3n) is 3.27. The first-order valence-corrected chi connectivity index (χ1v) is 8.72. The lowest BCUT2D eigenvalue weighted by atomic mass is 10.1. The van der Waals surface area contributed by atoms with Gasteiger partial charge in [-0.1, -0.05) is 13.7 Å². The number of halogens is 2. The van der Waals surface area contributed by atoms with Gasteiger partial charge in [-0.25, -0.2) is 9.89 Å². The van der Waals surface area contributed by atoms with E-state index >= 15 is 0 Å². The monoisotopic (exact) mass is 503 g/mol. The van der Waals surface area contributed by atoms with Gasteiger partial charge in [-0.05, 0) is 49.9 Å². The van der Waals surface area contributed by atoms with Gasteiger partial charge in [0, 0.05) is 19.9 Å². The molecule has 0 spiro atoms. The van der Waals surface area contributed by atoms with E-state index in [1.165, 1.54) is 12.1 Å². The fourth-order valence-corrected chi connectivity index (χ4v) is 3.40. The zero-order valence-electron chi connectivity index (χ0n) is 19.1. The third kappa shape index (κ3) is 4.08. The second-order valence-corrected chi connectivity index (χ2v) is 6.82. The molecule has 0 aliphatic carbocycles. The summed E-state index contributed by atoms with van der Waals surface area (Å²) in [6, 6.07) is 3.82. The predicted octanol–water partition coefficient (Wildman–Crippen LogP) is 2.44. The number of benzene rings is 1. The molecule has 9 nitrogen and oxygen atoms in total. The number of H-pyrrole nitrogens is 2. The lowest BCUT2D eigenvalue weighted by Crippen LogP contribution is -2.30. The van der Waals surface area contributed by atoms with E-state index in [0.29, 0.717) is 0 Å². The van der Waals surface area contributed by atoms with Gasteiger partial charge >= 0.3 is 5.69 Å². The molecule has 0 amide bonds. The summed E-state index contributed by atoms with van der Waals surface area (Å²) < 4.78 is 52.5. The zero-order chi connectivity index (χ0) is 24.7. The Kier molecular flexibility index (Phi) is 3.60. The van der Waals surface area contributed by atoms with Gasteiger partial charge in [-0.3, -0.25) is 14.6 Å². The van der Waals surface area contributed by atoms with E-state index in [2.05, 4.69) is 52.1 Å². The average molecular weight is 505 g/mol. The van der Waals surface area contributed by atoms with E-state index in [1.54, 1.807) is 0 Å². The Balaban J connectivity index is 2.04. The molecule has 3 aromatic rings. The molecule has 1 aromatic carbocycles. The normalized spacial score (nSPS) is 15.2. The highest BCUT2D eigenvalue weighted by molar-refractivity contribution is 9.11. The maximum absolute atomic E-state index is 12.2. The Hall–Kier alpha value is -2.53. The van der Waals surface area contributed by atoms with Crippen molar-refractivity contribution in [2.75, 3.05) is 0 Å². The van der Waals surface area contributed by atoms with Gasteiger partial charge in [-0.2, -0.15) is 9.78 Å². The molecule has 0 aliphatic rings. The van der Waals surface area contributed by atoms with E-state index in [4.69, 9.17) is 13.0 Å². The van der Waals surface area contributed by atoms with E-state index in [1.807, 2.05) is 0 Å². The SMILES string of the molecule is [2H]C([2H])([2H])C(c1cc(Oc2c(Br)cc(-n3ncc(=O)[nH]c3=O)cc2Br)n[nH]c1=O)C([2H])([2H])[2H]. The van der Waals surface area contributed by atoms with Crippen molar-refractivity contribution in [1.82, 2.24) is 25.0 Å². The number of nitrogens with zero attached hydrogens (tertiary/aromatic N) is 3. The minimum absolute atomic E-state index is 0.112. The molecule has 0 atom stereocenters. The van der Waals surface area contributed by atoms with Crippen LogP contribution in [0.5, 0.6) is 11.6 Å². The maximum Gasteiger partial charge on any atom is 0.349 e. The van der Waals surface area contributed by atoms with Crippen LogP contribution in [0.2, 0.25) is 0 Å². The molecular formula is C16H13Br2N5O4. The Morgan fingerprint density at radius 1 is 1.19 bits per heavy atom. The van der Waals surface area contributed by atoms with Crippen molar-refractivity contribution in [2.24, 2.45) is 0 Å². The summed E-state index contributed by atoms with van der Waals surface area (Å²) in [4.78, 5) is 37.5. The van der Waals surface area contributed by atoms with E-state index in [9.17, 15) is 14.4 Å². The van der Waals surface area contributed by atoms with Crippen LogP contribution in [-0.4, -0.2) is 25.0 Å². The van der Waals surface area contributed by atoms with E-state index in [-0.39, 0.29) is 26.3 Å². The summed E-state index contributed by atoms with van der Waals surface area (Å²) >= 11 is 6.53. The van der Waals surface area contributed by atoms with Crippen molar-refractivity contribution >= 4 is 31.9 Å². The van der Waals surface area contributed by atoms with Gasteiger partial charge in [0.2, 0.25) is 5.88 Å². The van der Waals surface area contributed by atoms with Gasteiger partial charge in [0.15, 0.2) is 5.75 Å². The summed E-state index contributed by atoms with van der Waals surface area (Å²) in [5.41, 5.74) is -2.70. The van der Waals surface area contributed by atoms with Crippen molar-refractivity contribution in [2.45, 2.75) is 19.6 Å². The molecule has 140 valence electrons. The second-order valence-electron chi connectivity index (χ2n) is 5.12. The summed E-state index contributed by atoms with van der Waals surface area (Å²) in [7, 11) is 0. The Labute approximate surface area is 177 Å². The number of nitrogens with one attached hydrogen (secondary N) is 2. The number of aromatic nitrogens is 5. The van der Waals surface area contributed by atoms with Crippen molar-refractivity contribution in [3.63, 3.8) is 0 Å². The molecule has 0 saturated carbocycles. The number of hydrogen-bond acceptors (Lipinski definition) is 6. The lowest BCUT2D eigenvalue weighted by Gasteiger charge is -2.12. The minimum Gasteiger partial charge on any atom is -0.435 e. The molecule has 0 aliphatic heterocycles. The van der Waals surface area contributed by atoms with Gasteiger partial charge in [0.05, 0.1) is 14.6 Å². The Morgan fingerprint density at radius 3 is 2.52 bits per heavy atom. The summed E-state index contributed by atoms with van der Waals surface area (Å²) in [5.74, 6) is -2.23. The Bertz CT molecular complexity index is 1340. The smallest absolute Gasteiger partial charge is 0.349 e. The van der Waals surface area contributed by atoms with Gasteiger partial charge in [0.1, 0.15) is 6.20 Å². The van der Waals surface area contributed by atoms with Crippen LogP contribution in [0.15, 0.2) is 47.7 Å². The van der Waals surface area contributed by atoms with Crippen molar-refractivity contribution < 1.29 is 13.0 Å². The summed E-state index contributed by atoms with van der Waals surface area (Å²) in [6.45, 7) is -5.98. The minimum atomic E-state index is -2.99. The van der Waals surface area contributed by atoms with Crippen LogP contribution >= 0.6 is 31.9 Å². The highest BCUT2D eigenvalue weighted by atomic mass is 79.9. The molecular weight excluding hydrogens is 486 g/mol. The van der Waals surface area contributed by atoms with Gasteiger partial charge < -0.3 is 4.74 Å². The second kappa shape index (κ2) is 7.61. The maximum atomic E-state index is 12.2. The van der Waals surface area contributed by atoms with Crippen LogP contribution in [0.1, 0.15) is 33.4 Å². The number of aromatic amines is 2. The molecule has 27 heavy (non-hydrogen) atoms. The highest BCUT2D eigenvalue weighted by Gasteiger charge is 2.15. The summed E-state index contributed by atoms with van der Waals surface area (Å²) in [5, 5.41) is 9.49. The molecule has 2 heterocycles. The standard InChI is InChI=1S/C16H13Br2N5O4/c1-7(2)9-5-13(21-22-15(9)25)27-14-10(17)3-8(4-11(14)18)23-16(26)20-12(24)6-19-23/h3-7H,1-2H3,(H,22,25)(H,20,24,26)/i1D3,2D3. The van der Waals surface area contributed by atoms with Crippen LogP contribution in [0.25, 0.3) is 5.69 Å². The predicted molar refractivity (Wildman–Crippen MR) is 105 cm³/mol.